The summed E-state index contributed by atoms with van der Waals surface area (Å²) in [5, 5.41) is 3.85. The maximum absolute atomic E-state index is 14.2. The minimum atomic E-state index is -6.08. The van der Waals surface area contributed by atoms with Crippen LogP contribution in [0.3, 0.4) is 0 Å². The molecule has 2 heterocycles. The van der Waals surface area contributed by atoms with E-state index in [4.69, 9.17) is 11.6 Å². The summed E-state index contributed by atoms with van der Waals surface area (Å²) in [7, 11) is 0. The number of H-pyrrole nitrogens is 1. The average Bonchev–Trinajstić information content (AvgIpc) is 3.04. The number of hydrogen-bond acceptors (Lipinski definition) is 4. The number of benzene rings is 1. The van der Waals surface area contributed by atoms with Gasteiger partial charge in [0.25, 0.3) is 5.56 Å². The van der Waals surface area contributed by atoms with Gasteiger partial charge in [-0.15, -0.1) is 0 Å². The number of rotatable bonds is 4. The molecule has 0 fully saturated rings. The van der Waals surface area contributed by atoms with Crippen molar-refractivity contribution in [1.82, 2.24) is 14.6 Å². The summed E-state index contributed by atoms with van der Waals surface area (Å²) in [6, 6.07) is 4.64. The van der Waals surface area contributed by atoms with Crippen molar-refractivity contribution in [2.24, 2.45) is 0 Å². The number of hydrogen-bond donors (Lipinski definition) is 1. The van der Waals surface area contributed by atoms with Crippen LogP contribution in [0, 0.1) is 6.92 Å². The zero-order valence-electron chi connectivity index (χ0n) is 15.4. The second-order valence-corrected chi connectivity index (χ2v) is 6.68. The minimum Gasteiger partial charge on any atom is -0.461 e. The highest BCUT2D eigenvalue weighted by molar-refractivity contribution is 6.31. The Kier molecular flexibility index (Phi) is 5.35. The molecule has 2 aromatic heterocycles. The molecule has 0 aliphatic rings. The Bertz CT molecular complexity index is 1200. The SMILES string of the molecule is CCOC(=O)c1nn2cc(-c3ccc(C)c(Cl)c3)[nH]c(=O)c2c1C(F)(F)C(F)(F)F. The molecule has 0 aliphatic carbocycles. The van der Waals surface area contributed by atoms with Crippen LogP contribution in [0.25, 0.3) is 16.8 Å². The molecule has 0 bridgehead atoms. The number of nitrogens with one attached hydrogen (secondary N) is 1. The highest BCUT2D eigenvalue weighted by Gasteiger charge is 2.62. The van der Waals surface area contributed by atoms with Gasteiger partial charge in [-0.25, -0.2) is 9.31 Å². The minimum absolute atomic E-state index is 0.0363. The largest absolute Gasteiger partial charge is 0.461 e. The van der Waals surface area contributed by atoms with Crippen LogP contribution in [0.2, 0.25) is 5.02 Å². The topological polar surface area (TPSA) is 76.5 Å². The fraction of sp³-hybridized carbons (Fsp3) is 0.278. The van der Waals surface area contributed by atoms with Crippen LogP contribution in [0.15, 0.2) is 29.2 Å². The molecule has 0 unspecified atom stereocenters. The van der Waals surface area contributed by atoms with Crippen LogP contribution in [0.4, 0.5) is 22.0 Å². The molecule has 0 amide bonds. The molecule has 6 nitrogen and oxygen atoms in total. The highest BCUT2D eigenvalue weighted by atomic mass is 35.5. The summed E-state index contributed by atoms with van der Waals surface area (Å²) in [6.45, 7) is 2.76. The molecular weight excluding hydrogens is 437 g/mol. The van der Waals surface area contributed by atoms with Crippen LogP contribution in [0.1, 0.15) is 28.5 Å². The normalized spacial score (nSPS) is 12.4. The molecule has 160 valence electrons. The summed E-state index contributed by atoms with van der Waals surface area (Å²) < 4.78 is 72.6. The van der Waals surface area contributed by atoms with Crippen LogP contribution in [-0.2, 0) is 10.7 Å². The number of alkyl halides is 5. The summed E-state index contributed by atoms with van der Waals surface area (Å²) >= 11 is 6.04. The van der Waals surface area contributed by atoms with Gasteiger partial charge in [-0.1, -0.05) is 23.7 Å². The lowest BCUT2D eigenvalue weighted by Crippen LogP contribution is -2.36. The van der Waals surface area contributed by atoms with E-state index in [1.165, 1.54) is 13.0 Å². The molecule has 0 atom stereocenters. The van der Waals surface area contributed by atoms with Crippen LogP contribution < -0.4 is 5.56 Å². The number of carbonyl (C=O) groups excluding carboxylic acids is 1. The summed E-state index contributed by atoms with van der Waals surface area (Å²) in [5.41, 5.74) is -4.49. The van der Waals surface area contributed by atoms with Crippen molar-refractivity contribution < 1.29 is 31.5 Å². The number of aromatic nitrogens is 3. The first kappa shape index (κ1) is 21.8. The molecule has 3 rings (SSSR count). The fourth-order valence-electron chi connectivity index (χ4n) is 2.77. The van der Waals surface area contributed by atoms with Gasteiger partial charge in [0, 0.05) is 10.6 Å². The van der Waals surface area contributed by atoms with E-state index in [0.29, 0.717) is 15.1 Å². The Hall–Kier alpha value is -2.95. The number of aryl methyl sites for hydroxylation is 1. The molecule has 0 saturated carbocycles. The second kappa shape index (κ2) is 7.38. The van der Waals surface area contributed by atoms with Crippen molar-refractivity contribution in [3.8, 4) is 11.3 Å². The van der Waals surface area contributed by atoms with E-state index in [0.717, 1.165) is 11.8 Å². The number of esters is 1. The van der Waals surface area contributed by atoms with Crippen LogP contribution in [-0.4, -0.2) is 33.4 Å². The summed E-state index contributed by atoms with van der Waals surface area (Å²) in [6.07, 6.45) is -5.07. The second-order valence-electron chi connectivity index (χ2n) is 6.27. The van der Waals surface area contributed by atoms with Crippen LogP contribution >= 0.6 is 11.6 Å². The zero-order valence-corrected chi connectivity index (χ0v) is 16.2. The van der Waals surface area contributed by atoms with Gasteiger partial charge >= 0.3 is 18.1 Å². The predicted molar refractivity (Wildman–Crippen MR) is 96.9 cm³/mol. The lowest BCUT2D eigenvalue weighted by atomic mass is 10.1. The number of nitrogens with zero attached hydrogens (tertiary/aromatic N) is 2. The third-order valence-corrected chi connectivity index (χ3v) is 4.65. The lowest BCUT2D eigenvalue weighted by Gasteiger charge is -2.19. The van der Waals surface area contributed by atoms with Crippen molar-refractivity contribution in [3.63, 3.8) is 0 Å². The van der Waals surface area contributed by atoms with E-state index in [1.807, 2.05) is 0 Å². The third kappa shape index (κ3) is 3.53. The van der Waals surface area contributed by atoms with E-state index in [-0.39, 0.29) is 12.3 Å². The maximum Gasteiger partial charge on any atom is 0.458 e. The van der Waals surface area contributed by atoms with Gasteiger partial charge in [-0.3, -0.25) is 4.79 Å². The number of aromatic amines is 1. The highest BCUT2D eigenvalue weighted by Crippen LogP contribution is 2.46. The third-order valence-electron chi connectivity index (χ3n) is 4.25. The Morgan fingerprint density at radius 1 is 1.27 bits per heavy atom. The first-order valence-electron chi connectivity index (χ1n) is 8.42. The number of halogens is 6. The Morgan fingerprint density at radius 3 is 2.50 bits per heavy atom. The number of carbonyl (C=O) groups is 1. The lowest BCUT2D eigenvalue weighted by molar-refractivity contribution is -0.288. The molecule has 0 spiro atoms. The first-order valence-corrected chi connectivity index (χ1v) is 8.80. The van der Waals surface area contributed by atoms with Gasteiger partial charge in [-0.05, 0) is 25.5 Å². The van der Waals surface area contributed by atoms with E-state index in [1.54, 1.807) is 19.1 Å². The Balaban J connectivity index is 2.34. The molecule has 0 aliphatic heterocycles. The molecule has 30 heavy (non-hydrogen) atoms. The van der Waals surface area contributed by atoms with Crippen molar-refractivity contribution in [1.29, 1.82) is 0 Å². The average molecular weight is 450 g/mol. The van der Waals surface area contributed by atoms with Gasteiger partial charge < -0.3 is 9.72 Å². The smallest absolute Gasteiger partial charge is 0.458 e. The van der Waals surface area contributed by atoms with Gasteiger partial charge in [0.2, 0.25) is 0 Å². The zero-order chi connectivity index (χ0) is 22.4. The van der Waals surface area contributed by atoms with Gasteiger partial charge in [0.1, 0.15) is 5.52 Å². The van der Waals surface area contributed by atoms with Crippen LogP contribution in [0.5, 0.6) is 0 Å². The van der Waals surface area contributed by atoms with Crippen molar-refractivity contribution in [2.45, 2.75) is 25.9 Å². The Morgan fingerprint density at radius 2 is 1.93 bits per heavy atom. The molecule has 12 heteroatoms. The fourth-order valence-corrected chi connectivity index (χ4v) is 2.95. The van der Waals surface area contributed by atoms with Crippen molar-refractivity contribution in [3.05, 3.63) is 56.6 Å². The van der Waals surface area contributed by atoms with Gasteiger partial charge in [-0.2, -0.15) is 27.1 Å². The molecule has 1 aromatic carbocycles. The predicted octanol–water partition coefficient (Wildman–Crippen LogP) is 4.48. The molecule has 0 radical (unpaired) electrons. The van der Waals surface area contributed by atoms with Crippen molar-refractivity contribution >= 4 is 23.1 Å². The molecular formula is C18H13ClF5N3O3. The van der Waals surface area contributed by atoms with Gasteiger partial charge in [0.05, 0.1) is 24.1 Å². The number of ether oxygens (including phenoxy) is 1. The van der Waals surface area contributed by atoms with E-state index in [9.17, 15) is 31.5 Å². The number of fused-ring (bicyclic) bond motifs is 1. The quantitative estimate of drug-likeness (QED) is 0.470. The standard InChI is InChI=1S/C18H13ClF5N3O3/c1-3-30-16(29)13-12(17(20,21)18(22,23)24)14-15(28)25-11(7-27(14)26-13)9-5-4-8(2)10(19)6-9/h4-7H,3H2,1-2H3,(H,25,28). The monoisotopic (exact) mass is 449 g/mol. The molecule has 3 aromatic rings. The summed E-state index contributed by atoms with van der Waals surface area (Å²) in [4.78, 5) is 26.8. The van der Waals surface area contributed by atoms with Gasteiger partial charge in [0.15, 0.2) is 5.69 Å². The first-order chi connectivity index (χ1) is 13.9. The molecule has 0 saturated heterocycles. The molecule has 1 N–H and O–H groups in total. The van der Waals surface area contributed by atoms with E-state index >= 15 is 0 Å². The van der Waals surface area contributed by atoms with E-state index in [2.05, 4.69) is 14.8 Å². The van der Waals surface area contributed by atoms with Crippen molar-refractivity contribution in [2.75, 3.05) is 6.61 Å². The maximum atomic E-state index is 14.2. The summed E-state index contributed by atoms with van der Waals surface area (Å²) in [5.74, 6) is -7.04. The Labute approximate surface area is 170 Å². The van der Waals surface area contributed by atoms with E-state index < -0.39 is 40.4 Å².